The smallest absolute Gasteiger partial charge is 0.406 e. The van der Waals surface area contributed by atoms with Gasteiger partial charge in [0.25, 0.3) is 0 Å². The monoisotopic (exact) mass is 291 g/mol. The topological polar surface area (TPSA) is 22.1 Å². The van der Waals surface area contributed by atoms with Gasteiger partial charge in [-0.05, 0) is 23.8 Å². The van der Waals surface area contributed by atoms with Crippen LogP contribution < -0.4 is 4.74 Å². The Morgan fingerprint density at radius 3 is 2.32 bits per heavy atom. The SMILES string of the molecule is Fc1cnc(Cl)c(-c2ccc(OC(F)(F)F)cc2)c1. The second-order valence-electron chi connectivity index (χ2n) is 3.56. The summed E-state index contributed by atoms with van der Waals surface area (Å²) in [7, 11) is 0. The Morgan fingerprint density at radius 2 is 1.74 bits per heavy atom. The Bertz CT molecular complexity index is 583. The molecule has 1 heterocycles. The molecule has 0 bridgehead atoms. The Kier molecular flexibility index (Phi) is 3.61. The van der Waals surface area contributed by atoms with Gasteiger partial charge in [-0.25, -0.2) is 9.37 Å². The van der Waals surface area contributed by atoms with Crippen LogP contribution in [0.25, 0.3) is 11.1 Å². The fourth-order valence-corrected chi connectivity index (χ4v) is 1.67. The normalized spacial score (nSPS) is 11.4. The van der Waals surface area contributed by atoms with Gasteiger partial charge >= 0.3 is 6.36 Å². The van der Waals surface area contributed by atoms with Crippen LogP contribution in [0.15, 0.2) is 36.5 Å². The highest BCUT2D eigenvalue weighted by Crippen LogP contribution is 2.29. The van der Waals surface area contributed by atoms with Crippen LogP contribution in [0.5, 0.6) is 5.75 Å². The Morgan fingerprint density at radius 1 is 1.11 bits per heavy atom. The third-order valence-electron chi connectivity index (χ3n) is 2.20. The zero-order valence-corrected chi connectivity index (χ0v) is 9.97. The fraction of sp³-hybridized carbons (Fsp3) is 0.0833. The lowest BCUT2D eigenvalue weighted by Gasteiger charge is -2.09. The molecule has 0 atom stereocenters. The van der Waals surface area contributed by atoms with E-state index in [9.17, 15) is 17.6 Å². The average molecular weight is 292 g/mol. The first-order chi connectivity index (χ1) is 8.85. The molecule has 0 aliphatic heterocycles. The summed E-state index contributed by atoms with van der Waals surface area (Å²) < 4.78 is 52.7. The third-order valence-corrected chi connectivity index (χ3v) is 2.51. The van der Waals surface area contributed by atoms with Gasteiger partial charge in [0, 0.05) is 5.56 Å². The van der Waals surface area contributed by atoms with E-state index in [1.165, 1.54) is 12.1 Å². The lowest BCUT2D eigenvalue weighted by atomic mass is 10.1. The van der Waals surface area contributed by atoms with Crippen molar-refractivity contribution >= 4 is 11.6 Å². The highest BCUT2D eigenvalue weighted by atomic mass is 35.5. The van der Waals surface area contributed by atoms with Gasteiger partial charge in [-0.1, -0.05) is 23.7 Å². The first kappa shape index (κ1) is 13.6. The van der Waals surface area contributed by atoms with Gasteiger partial charge in [0.05, 0.1) is 6.20 Å². The molecule has 0 N–H and O–H groups in total. The second-order valence-corrected chi connectivity index (χ2v) is 3.92. The van der Waals surface area contributed by atoms with Gasteiger partial charge in [0.2, 0.25) is 0 Å². The Balaban J connectivity index is 2.30. The molecule has 0 saturated heterocycles. The van der Waals surface area contributed by atoms with Crippen molar-refractivity contribution in [2.24, 2.45) is 0 Å². The maximum absolute atomic E-state index is 13.0. The molecule has 0 aliphatic rings. The van der Waals surface area contributed by atoms with E-state index in [-0.39, 0.29) is 10.9 Å². The van der Waals surface area contributed by atoms with Crippen molar-refractivity contribution in [1.82, 2.24) is 4.98 Å². The molecule has 7 heteroatoms. The molecule has 19 heavy (non-hydrogen) atoms. The minimum atomic E-state index is -4.75. The summed E-state index contributed by atoms with van der Waals surface area (Å²) in [5, 5.41) is 0.0610. The number of alkyl halides is 3. The summed E-state index contributed by atoms with van der Waals surface area (Å²) >= 11 is 5.79. The lowest BCUT2D eigenvalue weighted by Crippen LogP contribution is -2.16. The maximum atomic E-state index is 13.0. The molecule has 1 aromatic heterocycles. The summed E-state index contributed by atoms with van der Waals surface area (Å²) in [5.41, 5.74) is 0.728. The van der Waals surface area contributed by atoms with Crippen LogP contribution in [0.4, 0.5) is 17.6 Å². The summed E-state index contributed by atoms with van der Waals surface area (Å²) in [6, 6.07) is 6.05. The molecule has 0 amide bonds. The van der Waals surface area contributed by atoms with Gasteiger partial charge in [-0.2, -0.15) is 0 Å². The van der Waals surface area contributed by atoms with Crippen LogP contribution in [0, 0.1) is 5.82 Å². The minimum Gasteiger partial charge on any atom is -0.406 e. The maximum Gasteiger partial charge on any atom is 0.573 e. The van der Waals surface area contributed by atoms with E-state index in [0.717, 1.165) is 24.4 Å². The number of pyridine rings is 1. The van der Waals surface area contributed by atoms with E-state index in [1.807, 2.05) is 0 Å². The zero-order valence-electron chi connectivity index (χ0n) is 9.21. The molecule has 0 radical (unpaired) electrons. The molecule has 0 fully saturated rings. The number of hydrogen-bond donors (Lipinski definition) is 0. The quantitative estimate of drug-likeness (QED) is 0.603. The Labute approximate surface area is 110 Å². The molecule has 0 spiro atoms. The van der Waals surface area contributed by atoms with Crippen LogP contribution in [0.1, 0.15) is 0 Å². The Hall–Kier alpha value is -1.82. The molecule has 100 valence electrons. The van der Waals surface area contributed by atoms with Crippen molar-refractivity contribution in [3.05, 3.63) is 47.5 Å². The predicted molar refractivity (Wildman–Crippen MR) is 61.3 cm³/mol. The van der Waals surface area contributed by atoms with Crippen LogP contribution in [-0.2, 0) is 0 Å². The largest absolute Gasteiger partial charge is 0.573 e. The summed E-state index contributed by atoms with van der Waals surface area (Å²) in [5.74, 6) is -0.952. The van der Waals surface area contributed by atoms with Crippen LogP contribution >= 0.6 is 11.6 Å². The first-order valence-electron chi connectivity index (χ1n) is 5.02. The zero-order chi connectivity index (χ0) is 14.0. The average Bonchev–Trinajstić information content (AvgIpc) is 2.31. The van der Waals surface area contributed by atoms with Crippen molar-refractivity contribution in [1.29, 1.82) is 0 Å². The van der Waals surface area contributed by atoms with E-state index in [1.54, 1.807) is 0 Å². The summed E-state index contributed by atoms with van der Waals surface area (Å²) in [4.78, 5) is 3.62. The molecule has 1 aromatic carbocycles. The van der Waals surface area contributed by atoms with Crippen molar-refractivity contribution in [3.63, 3.8) is 0 Å². The number of rotatable bonds is 2. The molecule has 2 nitrogen and oxygen atoms in total. The van der Waals surface area contributed by atoms with Gasteiger partial charge in [0.1, 0.15) is 16.7 Å². The van der Waals surface area contributed by atoms with E-state index in [0.29, 0.717) is 11.1 Å². The van der Waals surface area contributed by atoms with E-state index in [4.69, 9.17) is 11.6 Å². The third kappa shape index (κ3) is 3.57. The molecule has 2 aromatic rings. The van der Waals surface area contributed by atoms with Crippen molar-refractivity contribution in [2.45, 2.75) is 6.36 Å². The molecule has 0 saturated carbocycles. The van der Waals surface area contributed by atoms with E-state index < -0.39 is 12.2 Å². The van der Waals surface area contributed by atoms with E-state index in [2.05, 4.69) is 9.72 Å². The van der Waals surface area contributed by atoms with Gasteiger partial charge in [-0.15, -0.1) is 13.2 Å². The number of aromatic nitrogens is 1. The van der Waals surface area contributed by atoms with Gasteiger partial charge in [-0.3, -0.25) is 0 Å². The number of hydrogen-bond acceptors (Lipinski definition) is 2. The van der Waals surface area contributed by atoms with E-state index >= 15 is 0 Å². The first-order valence-corrected chi connectivity index (χ1v) is 5.40. The molecular formula is C12H6ClF4NO. The number of ether oxygens (including phenoxy) is 1. The molecule has 2 rings (SSSR count). The molecule has 0 unspecified atom stereocenters. The summed E-state index contributed by atoms with van der Waals surface area (Å²) in [6.45, 7) is 0. The van der Waals surface area contributed by atoms with Crippen LogP contribution in [-0.4, -0.2) is 11.3 Å². The van der Waals surface area contributed by atoms with Crippen LogP contribution in [0.2, 0.25) is 5.15 Å². The van der Waals surface area contributed by atoms with Crippen molar-refractivity contribution in [3.8, 4) is 16.9 Å². The van der Waals surface area contributed by atoms with Gasteiger partial charge < -0.3 is 4.74 Å². The minimum absolute atomic E-state index is 0.0610. The summed E-state index contributed by atoms with van der Waals surface area (Å²) in [6.07, 6.45) is -3.80. The van der Waals surface area contributed by atoms with Crippen LogP contribution in [0.3, 0.4) is 0 Å². The number of benzene rings is 1. The second kappa shape index (κ2) is 5.05. The molecular weight excluding hydrogens is 286 g/mol. The standard InChI is InChI=1S/C12H6ClF4NO/c13-11-10(5-8(14)6-18-11)7-1-3-9(4-2-7)19-12(15,16)17/h1-6H. The highest BCUT2D eigenvalue weighted by Gasteiger charge is 2.30. The van der Waals surface area contributed by atoms with Gasteiger partial charge in [0.15, 0.2) is 0 Å². The lowest BCUT2D eigenvalue weighted by molar-refractivity contribution is -0.274. The fourth-order valence-electron chi connectivity index (χ4n) is 1.46. The number of nitrogens with zero attached hydrogens (tertiary/aromatic N) is 1. The predicted octanol–water partition coefficient (Wildman–Crippen LogP) is 4.44. The highest BCUT2D eigenvalue weighted by molar-refractivity contribution is 6.32. The molecule has 0 aliphatic carbocycles. The van der Waals surface area contributed by atoms with Crippen molar-refractivity contribution < 1.29 is 22.3 Å². The van der Waals surface area contributed by atoms with Crippen molar-refractivity contribution in [2.75, 3.05) is 0 Å². The number of halogens is 5.